The first kappa shape index (κ1) is 51.6. The average molecular weight is 789 g/mol. The van der Waals surface area contributed by atoms with Crippen LogP contribution in [0.3, 0.4) is 0 Å². The quantitative estimate of drug-likeness (QED) is 0.0405. The maximum Gasteiger partial charge on any atom is 0.328 e. The van der Waals surface area contributed by atoms with Crippen molar-refractivity contribution in [1.82, 2.24) is 9.88 Å². The molecule has 326 valence electrons. The Hall–Kier alpha value is -2.38. The lowest BCUT2D eigenvalue weighted by Gasteiger charge is -2.18. The Kier molecular flexibility index (Phi) is 36.4. The van der Waals surface area contributed by atoms with Crippen LogP contribution in [0.15, 0.2) is 18.7 Å². The summed E-state index contributed by atoms with van der Waals surface area (Å²) in [6.45, 7) is 6.38. The van der Waals surface area contributed by atoms with E-state index in [0.717, 1.165) is 57.9 Å². The number of aryl methyl sites for hydroxylation is 2. The molecule has 0 aromatic carbocycles. The number of nitrogens with zero attached hydrogens (tertiary/aromatic N) is 2. The fourth-order valence-electron chi connectivity index (χ4n) is 7.47. The van der Waals surface area contributed by atoms with Crippen LogP contribution in [0.2, 0.25) is 0 Å². The van der Waals surface area contributed by atoms with Gasteiger partial charge in [0.2, 0.25) is 12.2 Å². The van der Waals surface area contributed by atoms with Crippen molar-refractivity contribution in [1.29, 1.82) is 0 Å². The van der Waals surface area contributed by atoms with Gasteiger partial charge in [-0.25, -0.2) is 13.9 Å². The number of nitrogens with one attached hydrogen (secondary N) is 1. The van der Waals surface area contributed by atoms with Gasteiger partial charge in [0, 0.05) is 12.8 Å². The van der Waals surface area contributed by atoms with Crippen LogP contribution >= 0.6 is 0 Å². The van der Waals surface area contributed by atoms with Crippen molar-refractivity contribution >= 4 is 17.8 Å². The van der Waals surface area contributed by atoms with Gasteiger partial charge in [0.05, 0.1) is 26.8 Å². The highest BCUT2D eigenvalue weighted by Crippen LogP contribution is 2.15. The number of carbonyl (C=O) groups excluding carboxylic acids is 3. The van der Waals surface area contributed by atoms with E-state index in [-0.39, 0.29) is 24.7 Å². The van der Waals surface area contributed by atoms with Gasteiger partial charge in [0.1, 0.15) is 18.4 Å². The van der Waals surface area contributed by atoms with Crippen molar-refractivity contribution in [2.24, 2.45) is 7.05 Å². The molecule has 1 aromatic rings. The van der Waals surface area contributed by atoms with Gasteiger partial charge in [-0.15, -0.1) is 0 Å². The summed E-state index contributed by atoms with van der Waals surface area (Å²) >= 11 is 0. The van der Waals surface area contributed by atoms with Crippen LogP contribution in [0.1, 0.15) is 239 Å². The van der Waals surface area contributed by atoms with Gasteiger partial charge in [-0.1, -0.05) is 187 Å². The predicted octanol–water partition coefficient (Wildman–Crippen LogP) is 12.6. The van der Waals surface area contributed by atoms with Gasteiger partial charge in [-0.3, -0.25) is 9.59 Å². The first-order valence-corrected chi connectivity index (χ1v) is 24.1. The Labute approximate surface area is 345 Å². The fraction of sp³-hybridized carbons (Fsp3) is 0.875. The molecular weight excluding hydrogens is 699 g/mol. The van der Waals surface area contributed by atoms with Gasteiger partial charge < -0.3 is 14.8 Å². The number of esters is 2. The molecule has 0 aliphatic heterocycles. The van der Waals surface area contributed by atoms with Crippen LogP contribution in [0.5, 0.6) is 0 Å². The van der Waals surface area contributed by atoms with E-state index in [1.54, 1.807) is 0 Å². The summed E-state index contributed by atoms with van der Waals surface area (Å²) < 4.78 is 15.4. The zero-order chi connectivity index (χ0) is 40.6. The lowest BCUT2D eigenvalue weighted by Crippen LogP contribution is -2.42. The molecule has 1 aromatic heterocycles. The molecule has 0 bridgehead atoms. The molecule has 1 N–H and O–H groups in total. The molecule has 1 atom stereocenters. The van der Waals surface area contributed by atoms with Gasteiger partial charge >= 0.3 is 11.9 Å². The number of carbonyl (C=O) groups is 3. The van der Waals surface area contributed by atoms with Gasteiger partial charge in [0.15, 0.2) is 0 Å². The Morgan fingerprint density at radius 3 is 1.39 bits per heavy atom. The first-order chi connectivity index (χ1) is 27.5. The van der Waals surface area contributed by atoms with Crippen molar-refractivity contribution in [3.05, 3.63) is 18.7 Å². The Morgan fingerprint density at radius 1 is 0.536 bits per heavy atom. The van der Waals surface area contributed by atoms with Crippen LogP contribution in [-0.4, -0.2) is 41.7 Å². The number of aromatic nitrogens is 2. The van der Waals surface area contributed by atoms with Crippen LogP contribution in [0.25, 0.3) is 0 Å². The minimum absolute atomic E-state index is 0.0982. The summed E-state index contributed by atoms with van der Waals surface area (Å²) in [4.78, 5) is 38.6. The normalized spacial score (nSPS) is 11.8. The van der Waals surface area contributed by atoms with Crippen molar-refractivity contribution in [2.45, 2.75) is 251 Å². The van der Waals surface area contributed by atoms with E-state index in [1.807, 2.05) is 7.05 Å². The zero-order valence-electron chi connectivity index (χ0n) is 37.1. The molecule has 56 heavy (non-hydrogen) atoms. The summed E-state index contributed by atoms with van der Waals surface area (Å²) in [7, 11) is 2.05. The third-order valence-corrected chi connectivity index (χ3v) is 11.2. The predicted molar refractivity (Wildman–Crippen MR) is 232 cm³/mol. The molecule has 0 saturated heterocycles. The molecular formula is C48H90N3O5+. The second-order valence-corrected chi connectivity index (χ2v) is 16.7. The van der Waals surface area contributed by atoms with Crippen molar-refractivity contribution in [3.8, 4) is 0 Å². The lowest BCUT2D eigenvalue weighted by atomic mass is 10.1. The van der Waals surface area contributed by atoms with Gasteiger partial charge in [-0.05, 0) is 38.5 Å². The molecule has 1 heterocycles. The Bertz CT molecular complexity index is 1040. The van der Waals surface area contributed by atoms with E-state index in [4.69, 9.17) is 9.47 Å². The topological polar surface area (TPSA) is 90.5 Å². The summed E-state index contributed by atoms with van der Waals surface area (Å²) in [6.07, 6.45) is 46.2. The standard InChI is InChI=1S/C48H89N3O5/c1-4-6-8-10-12-14-16-18-22-26-30-34-42-55-47(53)38-37-45(48(54)56-43-35-31-27-23-19-17-15-13-11-9-7-5-2)49-46(52)36-32-28-24-20-21-25-29-33-39-51-41-40-50(3)44-51/h40-41,44-45H,4-39,42-43H2,1-3H3/p+1. The molecule has 0 spiro atoms. The Balaban J connectivity index is 2.27. The minimum atomic E-state index is -0.812. The van der Waals surface area contributed by atoms with Crippen LogP contribution in [-0.2, 0) is 37.4 Å². The van der Waals surface area contributed by atoms with Crippen LogP contribution in [0, 0.1) is 0 Å². The third kappa shape index (κ3) is 33.7. The number of hydrogen-bond donors (Lipinski definition) is 1. The van der Waals surface area contributed by atoms with Crippen molar-refractivity contribution < 1.29 is 28.4 Å². The number of amides is 1. The fourth-order valence-corrected chi connectivity index (χ4v) is 7.47. The Morgan fingerprint density at radius 2 is 0.946 bits per heavy atom. The summed E-state index contributed by atoms with van der Waals surface area (Å²) in [5.41, 5.74) is 0. The first-order valence-electron chi connectivity index (χ1n) is 24.1. The van der Waals surface area contributed by atoms with E-state index in [1.165, 1.54) is 154 Å². The molecule has 8 heteroatoms. The maximum absolute atomic E-state index is 13.1. The molecule has 0 aliphatic carbocycles. The second-order valence-electron chi connectivity index (χ2n) is 16.7. The molecule has 1 unspecified atom stereocenters. The highest BCUT2D eigenvalue weighted by Gasteiger charge is 2.23. The molecule has 1 amide bonds. The highest BCUT2D eigenvalue weighted by atomic mass is 16.5. The van der Waals surface area contributed by atoms with E-state index < -0.39 is 12.0 Å². The number of imidazole rings is 1. The molecule has 8 nitrogen and oxygen atoms in total. The van der Waals surface area contributed by atoms with Crippen molar-refractivity contribution in [2.75, 3.05) is 13.2 Å². The number of hydrogen-bond acceptors (Lipinski definition) is 5. The molecule has 0 aliphatic rings. The molecule has 1 rings (SSSR count). The lowest BCUT2D eigenvalue weighted by molar-refractivity contribution is -0.671. The minimum Gasteiger partial charge on any atom is -0.466 e. The average Bonchev–Trinajstić information content (AvgIpc) is 3.61. The smallest absolute Gasteiger partial charge is 0.328 e. The van der Waals surface area contributed by atoms with E-state index >= 15 is 0 Å². The van der Waals surface area contributed by atoms with Crippen LogP contribution < -0.4 is 9.88 Å². The largest absolute Gasteiger partial charge is 0.466 e. The summed E-state index contributed by atoms with van der Waals surface area (Å²) in [6, 6.07) is -0.812. The monoisotopic (exact) mass is 789 g/mol. The number of rotatable bonds is 42. The van der Waals surface area contributed by atoms with Crippen LogP contribution in [0.4, 0.5) is 0 Å². The SMILES string of the molecule is CCCCCCCCCCCCCCOC(=O)CCC(NC(=O)CCCCCCCCCCn1cc[n+](C)c1)C(=O)OCCCCCCCCCCCCCC. The van der Waals surface area contributed by atoms with E-state index in [2.05, 4.69) is 47.0 Å². The highest BCUT2D eigenvalue weighted by molar-refractivity contribution is 5.85. The van der Waals surface area contributed by atoms with E-state index in [0.29, 0.717) is 19.6 Å². The summed E-state index contributed by atoms with van der Waals surface area (Å²) in [5.74, 6) is -0.874. The van der Waals surface area contributed by atoms with Gasteiger partial charge in [-0.2, -0.15) is 0 Å². The molecule has 0 radical (unpaired) electrons. The third-order valence-electron chi connectivity index (χ3n) is 11.2. The zero-order valence-corrected chi connectivity index (χ0v) is 37.1. The number of ether oxygens (including phenoxy) is 2. The second kappa shape index (κ2) is 39.4. The number of unbranched alkanes of at least 4 members (excludes halogenated alkanes) is 29. The summed E-state index contributed by atoms with van der Waals surface area (Å²) in [5, 5.41) is 2.90. The maximum atomic E-state index is 13.1. The molecule has 0 fully saturated rings. The van der Waals surface area contributed by atoms with E-state index in [9.17, 15) is 14.4 Å². The molecule has 0 saturated carbocycles. The van der Waals surface area contributed by atoms with Crippen molar-refractivity contribution in [3.63, 3.8) is 0 Å². The van der Waals surface area contributed by atoms with Gasteiger partial charge in [0.25, 0.3) is 0 Å².